The maximum atomic E-state index is 11.4. The fourth-order valence-corrected chi connectivity index (χ4v) is 2.99. The first kappa shape index (κ1) is 19.4. The number of nitrogens with two attached hydrogens (primary N) is 1. The van der Waals surface area contributed by atoms with Gasteiger partial charge in [0.1, 0.15) is 0 Å². The normalized spacial score (nSPS) is 20.0. The summed E-state index contributed by atoms with van der Waals surface area (Å²) in [7, 11) is 0.186. The van der Waals surface area contributed by atoms with Gasteiger partial charge >= 0.3 is 13.1 Å². The van der Waals surface area contributed by atoms with Gasteiger partial charge in [0, 0.05) is 19.3 Å². The van der Waals surface area contributed by atoms with E-state index in [1.807, 2.05) is 13.0 Å². The molecule has 2 heterocycles. The van der Waals surface area contributed by atoms with Gasteiger partial charge in [-0.1, -0.05) is 6.42 Å². The van der Waals surface area contributed by atoms with Gasteiger partial charge < -0.3 is 25.8 Å². The monoisotopic (exact) mass is 323 g/mol. The van der Waals surface area contributed by atoms with Gasteiger partial charge in [-0.25, -0.2) is 0 Å². The molecule has 0 saturated carbocycles. The lowest BCUT2D eigenvalue weighted by Gasteiger charge is -2.20. The Morgan fingerprint density at radius 1 is 1.43 bits per heavy atom. The third kappa shape index (κ3) is 5.49. The Morgan fingerprint density at radius 2 is 2.13 bits per heavy atom. The molecule has 2 unspecified atom stereocenters. The second-order valence-corrected chi connectivity index (χ2v) is 5.68. The smallest absolute Gasteiger partial charge is 0.451 e. The van der Waals surface area contributed by atoms with Crippen molar-refractivity contribution in [1.82, 2.24) is 4.98 Å². The molecule has 23 heavy (non-hydrogen) atoms. The van der Waals surface area contributed by atoms with Gasteiger partial charge in [0.25, 0.3) is 0 Å². The molecule has 7 nitrogen and oxygen atoms in total. The second-order valence-electron chi connectivity index (χ2n) is 5.68. The quantitative estimate of drug-likeness (QED) is 0.558. The molecule has 1 aliphatic heterocycles. The van der Waals surface area contributed by atoms with Crippen LogP contribution in [0, 0.1) is 18.8 Å². The highest BCUT2D eigenvalue weighted by atomic mass is 16.4. The fraction of sp³-hybridized carbons (Fsp3) is 0.600. The SMILES string of the molecule is CN.Cc1ccncc1N1CC(CCCB(O)O)C(C(=O)O)C1. The van der Waals surface area contributed by atoms with Gasteiger partial charge in [-0.2, -0.15) is 0 Å². The number of nitrogens with zero attached hydrogens (tertiary/aromatic N) is 2. The van der Waals surface area contributed by atoms with E-state index in [9.17, 15) is 9.90 Å². The molecule has 1 saturated heterocycles. The van der Waals surface area contributed by atoms with Crippen molar-refractivity contribution in [1.29, 1.82) is 0 Å². The third-order valence-corrected chi connectivity index (χ3v) is 4.15. The molecule has 1 aromatic rings. The number of rotatable bonds is 6. The molecule has 2 rings (SSSR count). The molecule has 0 amide bonds. The van der Waals surface area contributed by atoms with Gasteiger partial charge in [-0.3, -0.25) is 9.78 Å². The molecule has 0 radical (unpaired) electrons. The van der Waals surface area contributed by atoms with Crippen molar-refractivity contribution >= 4 is 18.8 Å². The number of aromatic nitrogens is 1. The predicted octanol–water partition coefficient (Wildman–Crippen LogP) is 0.355. The zero-order valence-electron chi connectivity index (χ0n) is 13.7. The summed E-state index contributed by atoms with van der Waals surface area (Å²) >= 11 is 0. The van der Waals surface area contributed by atoms with E-state index < -0.39 is 19.0 Å². The van der Waals surface area contributed by atoms with Crippen LogP contribution in [0.3, 0.4) is 0 Å². The fourth-order valence-electron chi connectivity index (χ4n) is 2.99. The zero-order chi connectivity index (χ0) is 17.4. The molecule has 8 heteroatoms. The third-order valence-electron chi connectivity index (χ3n) is 4.15. The Morgan fingerprint density at radius 3 is 2.70 bits per heavy atom. The highest BCUT2D eigenvalue weighted by molar-refractivity contribution is 6.40. The van der Waals surface area contributed by atoms with E-state index in [2.05, 4.69) is 15.6 Å². The summed E-state index contributed by atoms with van der Waals surface area (Å²) in [6.45, 7) is 3.14. The Hall–Kier alpha value is -1.64. The Kier molecular flexibility index (Phi) is 8.01. The van der Waals surface area contributed by atoms with Crippen LogP contribution in [0.15, 0.2) is 18.5 Å². The summed E-state index contributed by atoms with van der Waals surface area (Å²) in [5, 5.41) is 27.2. The maximum Gasteiger partial charge on any atom is 0.451 e. The lowest BCUT2D eigenvalue weighted by molar-refractivity contribution is -0.142. The molecule has 1 aliphatic rings. The van der Waals surface area contributed by atoms with Gasteiger partial charge in [0.05, 0.1) is 17.8 Å². The van der Waals surface area contributed by atoms with Crippen LogP contribution in [0.1, 0.15) is 18.4 Å². The topological polar surface area (TPSA) is 120 Å². The first-order chi connectivity index (χ1) is 11.0. The van der Waals surface area contributed by atoms with E-state index in [0.29, 0.717) is 25.9 Å². The molecule has 0 bridgehead atoms. The van der Waals surface area contributed by atoms with Crippen LogP contribution < -0.4 is 10.6 Å². The van der Waals surface area contributed by atoms with Gasteiger partial charge in [0.2, 0.25) is 0 Å². The van der Waals surface area contributed by atoms with Gasteiger partial charge in [-0.15, -0.1) is 0 Å². The van der Waals surface area contributed by atoms with Crippen LogP contribution in [-0.4, -0.2) is 53.4 Å². The Labute approximate surface area is 137 Å². The lowest BCUT2D eigenvalue weighted by atomic mass is 9.80. The van der Waals surface area contributed by atoms with Crippen molar-refractivity contribution in [2.24, 2.45) is 17.6 Å². The molecule has 2 atom stereocenters. The summed E-state index contributed by atoms with van der Waals surface area (Å²) in [6.07, 6.45) is 5.09. The number of aryl methyl sites for hydroxylation is 1. The van der Waals surface area contributed by atoms with Crippen molar-refractivity contribution in [3.63, 3.8) is 0 Å². The number of carbonyl (C=O) groups is 1. The predicted molar refractivity (Wildman–Crippen MR) is 90.1 cm³/mol. The number of aliphatic carboxylic acids is 1. The molecule has 0 aliphatic carbocycles. The molecular formula is C15H26BN3O4. The number of pyridine rings is 1. The minimum absolute atomic E-state index is 0.0286. The standard InChI is InChI=1S/C14H21BN2O4.CH5N/c1-10-4-6-16-7-13(10)17-8-11(3-2-5-15(20)21)12(9-17)14(18)19;1-2/h4,6-7,11-12,20-21H,2-3,5,8-9H2,1H3,(H,18,19);2H2,1H3. The zero-order valence-corrected chi connectivity index (χ0v) is 13.7. The molecule has 5 N–H and O–H groups in total. The van der Waals surface area contributed by atoms with Crippen molar-refractivity contribution in [2.45, 2.75) is 26.1 Å². The minimum Gasteiger partial charge on any atom is -0.481 e. The van der Waals surface area contributed by atoms with Crippen LogP contribution in [0.2, 0.25) is 6.32 Å². The van der Waals surface area contributed by atoms with Gasteiger partial charge in [0.15, 0.2) is 0 Å². The van der Waals surface area contributed by atoms with E-state index in [4.69, 9.17) is 10.0 Å². The summed E-state index contributed by atoms with van der Waals surface area (Å²) in [6, 6.07) is 1.92. The highest BCUT2D eigenvalue weighted by Crippen LogP contribution is 2.32. The molecule has 0 aromatic carbocycles. The largest absolute Gasteiger partial charge is 0.481 e. The average molecular weight is 323 g/mol. The van der Waals surface area contributed by atoms with Gasteiger partial charge in [-0.05, 0) is 44.3 Å². The number of anilines is 1. The van der Waals surface area contributed by atoms with Crippen molar-refractivity contribution in [3.8, 4) is 0 Å². The number of hydrogen-bond acceptors (Lipinski definition) is 6. The first-order valence-corrected chi connectivity index (χ1v) is 7.81. The van der Waals surface area contributed by atoms with Crippen molar-refractivity contribution < 1.29 is 19.9 Å². The van der Waals surface area contributed by atoms with E-state index >= 15 is 0 Å². The molecular weight excluding hydrogens is 297 g/mol. The molecule has 1 aromatic heterocycles. The Balaban J connectivity index is 0.00000127. The minimum atomic E-state index is -1.31. The van der Waals surface area contributed by atoms with Crippen LogP contribution in [0.5, 0.6) is 0 Å². The van der Waals surface area contributed by atoms with Crippen LogP contribution >= 0.6 is 0 Å². The Bertz CT molecular complexity index is 501. The molecule has 128 valence electrons. The van der Waals surface area contributed by atoms with Crippen LogP contribution in [-0.2, 0) is 4.79 Å². The maximum absolute atomic E-state index is 11.4. The molecule has 0 spiro atoms. The van der Waals surface area contributed by atoms with Crippen LogP contribution in [0.25, 0.3) is 0 Å². The van der Waals surface area contributed by atoms with Crippen molar-refractivity contribution in [2.75, 3.05) is 25.0 Å². The van der Waals surface area contributed by atoms with E-state index in [-0.39, 0.29) is 12.2 Å². The first-order valence-electron chi connectivity index (χ1n) is 7.81. The lowest BCUT2D eigenvalue weighted by Crippen LogP contribution is -2.24. The second kappa shape index (κ2) is 9.49. The van der Waals surface area contributed by atoms with E-state index in [0.717, 1.165) is 11.3 Å². The van der Waals surface area contributed by atoms with E-state index in [1.54, 1.807) is 12.4 Å². The van der Waals surface area contributed by atoms with Crippen molar-refractivity contribution in [3.05, 3.63) is 24.0 Å². The summed E-state index contributed by atoms with van der Waals surface area (Å²) in [4.78, 5) is 17.6. The highest BCUT2D eigenvalue weighted by Gasteiger charge is 2.37. The average Bonchev–Trinajstić information content (AvgIpc) is 2.93. The number of carboxylic acids is 1. The number of hydrogen-bond donors (Lipinski definition) is 4. The number of carboxylic acid groups (broad SMARTS) is 1. The summed E-state index contributed by atoms with van der Waals surface area (Å²) in [5.41, 5.74) is 6.56. The van der Waals surface area contributed by atoms with E-state index in [1.165, 1.54) is 7.05 Å². The summed E-state index contributed by atoms with van der Waals surface area (Å²) < 4.78 is 0. The summed E-state index contributed by atoms with van der Waals surface area (Å²) in [5.74, 6) is -1.17. The van der Waals surface area contributed by atoms with Crippen LogP contribution in [0.4, 0.5) is 5.69 Å². The molecule has 1 fully saturated rings.